The number of hydrogen-bond acceptors (Lipinski definition) is 7. The van der Waals surface area contributed by atoms with Gasteiger partial charge in [0, 0.05) is 28.9 Å². The van der Waals surface area contributed by atoms with Crippen LogP contribution in [0.15, 0.2) is 66.7 Å². The van der Waals surface area contributed by atoms with E-state index in [9.17, 15) is 34.4 Å². The zero-order valence-electron chi connectivity index (χ0n) is 19.3. The number of ether oxygens (including phenoxy) is 1. The fraction of sp³-hybridized carbons (Fsp3) is 0.185. The average Bonchev–Trinajstić information content (AvgIpc) is 3.14. The van der Waals surface area contributed by atoms with Gasteiger partial charge < -0.3 is 9.84 Å². The highest BCUT2D eigenvalue weighted by atomic mass is 16.6. The Morgan fingerprint density at radius 2 is 1.57 bits per heavy atom. The van der Waals surface area contributed by atoms with Gasteiger partial charge >= 0.3 is 11.9 Å². The quantitative estimate of drug-likeness (QED) is 0.190. The van der Waals surface area contributed by atoms with E-state index in [4.69, 9.17) is 4.74 Å². The number of imide groups is 1. The number of rotatable bonds is 4. The lowest BCUT2D eigenvalue weighted by Crippen LogP contribution is -2.57. The van der Waals surface area contributed by atoms with E-state index in [1.165, 1.54) is 12.1 Å². The van der Waals surface area contributed by atoms with Gasteiger partial charge in [-0.15, -0.1) is 0 Å². The third-order valence-corrected chi connectivity index (χ3v) is 7.57. The molecule has 1 N–H and O–H groups in total. The molecule has 0 unspecified atom stereocenters. The molecule has 4 aliphatic rings. The Labute approximate surface area is 209 Å². The normalized spacial score (nSPS) is 24.8. The van der Waals surface area contributed by atoms with Crippen molar-refractivity contribution >= 4 is 29.4 Å². The molecular formula is C27H18N2O8. The SMILES string of the molecule is CC(=O)Oc1ccc(N2C(=O)[C@@H]3C4c5ccccc5C([N+](=O)[O-])(c5ccccc54)[C@@H]3C2=O)cc1C(=O)O. The molecule has 0 saturated carbocycles. The Bertz CT molecular complexity index is 1530. The van der Waals surface area contributed by atoms with Crippen LogP contribution in [0.3, 0.4) is 0 Å². The van der Waals surface area contributed by atoms with Gasteiger partial charge in [0.25, 0.3) is 5.54 Å². The van der Waals surface area contributed by atoms with Gasteiger partial charge in [-0.05, 0) is 29.3 Å². The van der Waals surface area contributed by atoms with E-state index in [1.54, 1.807) is 48.5 Å². The molecule has 1 fully saturated rings. The first-order valence-electron chi connectivity index (χ1n) is 11.5. The maximum Gasteiger partial charge on any atom is 0.339 e. The first kappa shape index (κ1) is 22.6. The topological polar surface area (TPSA) is 144 Å². The number of carbonyl (C=O) groups excluding carboxylic acids is 3. The van der Waals surface area contributed by atoms with Gasteiger partial charge in [-0.3, -0.25) is 24.5 Å². The minimum atomic E-state index is -1.98. The Hall–Kier alpha value is -4.86. The van der Waals surface area contributed by atoms with Crippen LogP contribution in [0.25, 0.3) is 0 Å². The second-order valence-electron chi connectivity index (χ2n) is 9.27. The zero-order valence-corrected chi connectivity index (χ0v) is 19.3. The molecule has 2 amide bonds. The molecule has 10 nitrogen and oxygen atoms in total. The van der Waals surface area contributed by atoms with Crippen molar-refractivity contribution in [2.24, 2.45) is 11.8 Å². The van der Waals surface area contributed by atoms with E-state index in [1.807, 2.05) is 0 Å². The fourth-order valence-electron chi connectivity index (χ4n) is 6.36. The number of nitro groups is 1. The molecule has 37 heavy (non-hydrogen) atoms. The van der Waals surface area contributed by atoms with E-state index < -0.39 is 57.5 Å². The van der Waals surface area contributed by atoms with Crippen LogP contribution in [-0.4, -0.2) is 33.8 Å². The minimum Gasteiger partial charge on any atom is -0.478 e. The summed E-state index contributed by atoms with van der Waals surface area (Å²) in [5.41, 5.74) is -0.474. The Morgan fingerprint density at radius 1 is 0.973 bits per heavy atom. The van der Waals surface area contributed by atoms with Crippen LogP contribution in [0.4, 0.5) is 5.69 Å². The van der Waals surface area contributed by atoms with Crippen LogP contribution in [0.5, 0.6) is 5.75 Å². The first-order chi connectivity index (χ1) is 17.7. The number of anilines is 1. The van der Waals surface area contributed by atoms with E-state index in [2.05, 4.69) is 0 Å². The van der Waals surface area contributed by atoms with E-state index in [0.717, 1.165) is 17.9 Å². The summed E-state index contributed by atoms with van der Waals surface area (Å²) in [4.78, 5) is 64.5. The highest BCUT2D eigenvalue weighted by Gasteiger charge is 2.74. The zero-order chi connectivity index (χ0) is 26.2. The van der Waals surface area contributed by atoms with Crippen LogP contribution in [0, 0.1) is 22.0 Å². The summed E-state index contributed by atoms with van der Waals surface area (Å²) in [5, 5.41) is 22.6. The molecule has 7 rings (SSSR count). The second kappa shape index (κ2) is 7.57. The monoisotopic (exact) mass is 498 g/mol. The van der Waals surface area contributed by atoms with Gasteiger partial charge in [0.2, 0.25) is 11.8 Å². The summed E-state index contributed by atoms with van der Waals surface area (Å²) in [5.74, 6) is -6.81. The maximum atomic E-state index is 14.0. The molecule has 0 aromatic heterocycles. The molecular weight excluding hydrogens is 480 g/mol. The molecule has 0 radical (unpaired) electrons. The molecule has 1 saturated heterocycles. The summed E-state index contributed by atoms with van der Waals surface area (Å²) < 4.78 is 4.95. The van der Waals surface area contributed by atoms with Gasteiger partial charge in [0.05, 0.1) is 11.6 Å². The van der Waals surface area contributed by atoms with Crippen molar-refractivity contribution in [1.82, 2.24) is 0 Å². The average molecular weight is 498 g/mol. The van der Waals surface area contributed by atoms with Crippen molar-refractivity contribution in [3.8, 4) is 5.75 Å². The molecule has 3 aliphatic carbocycles. The summed E-state index contributed by atoms with van der Waals surface area (Å²) >= 11 is 0. The van der Waals surface area contributed by atoms with Crippen LogP contribution in [-0.2, 0) is 19.9 Å². The van der Waals surface area contributed by atoms with E-state index in [-0.39, 0.29) is 11.4 Å². The molecule has 2 atom stereocenters. The molecule has 10 heteroatoms. The summed E-state index contributed by atoms with van der Waals surface area (Å²) in [6.07, 6.45) is 0. The molecule has 184 valence electrons. The number of amides is 2. The largest absolute Gasteiger partial charge is 0.478 e. The van der Waals surface area contributed by atoms with Crippen molar-refractivity contribution in [1.29, 1.82) is 0 Å². The lowest BCUT2D eigenvalue weighted by molar-refractivity contribution is -0.578. The van der Waals surface area contributed by atoms with Crippen molar-refractivity contribution in [2.75, 3.05) is 4.90 Å². The number of aromatic carboxylic acids is 1. The maximum absolute atomic E-state index is 14.0. The molecule has 1 heterocycles. The third kappa shape index (κ3) is 2.75. The number of benzene rings is 3. The molecule has 3 aromatic rings. The predicted octanol–water partition coefficient (Wildman–Crippen LogP) is 3.10. The van der Waals surface area contributed by atoms with Crippen molar-refractivity contribution in [3.05, 3.63) is 105 Å². The number of carboxylic acids is 1. The number of esters is 1. The minimum absolute atomic E-state index is 0.0660. The molecule has 0 spiro atoms. The van der Waals surface area contributed by atoms with Crippen LogP contribution in [0.1, 0.15) is 45.5 Å². The molecule has 1 aliphatic heterocycles. The second-order valence-corrected chi connectivity index (χ2v) is 9.27. The van der Waals surface area contributed by atoms with Crippen molar-refractivity contribution in [3.63, 3.8) is 0 Å². The van der Waals surface area contributed by atoms with Crippen LogP contribution >= 0.6 is 0 Å². The van der Waals surface area contributed by atoms with Gasteiger partial charge in [0.15, 0.2) is 0 Å². The van der Waals surface area contributed by atoms with Crippen molar-refractivity contribution < 1.29 is 33.9 Å². The highest BCUT2D eigenvalue weighted by Crippen LogP contribution is 2.64. The number of carbonyl (C=O) groups is 4. The van der Waals surface area contributed by atoms with Crippen LogP contribution in [0.2, 0.25) is 0 Å². The van der Waals surface area contributed by atoms with Crippen LogP contribution < -0.4 is 9.64 Å². The van der Waals surface area contributed by atoms with Gasteiger partial charge in [0.1, 0.15) is 17.2 Å². The lowest BCUT2D eigenvalue weighted by Gasteiger charge is -2.48. The molecule has 3 aromatic carbocycles. The van der Waals surface area contributed by atoms with E-state index in [0.29, 0.717) is 22.3 Å². The Kier molecular flexibility index (Phi) is 4.62. The summed E-state index contributed by atoms with van der Waals surface area (Å²) in [6.45, 7) is 1.11. The standard InChI is InChI=1S/C27H18N2O8/c1-13(30)37-20-11-10-14(12-17(20)26(33)34)28-24(31)22-21-15-6-2-4-8-18(15)27(29(35)36,23(22)25(28)32)19-9-5-3-7-16(19)21/h2-12,21-23H,1H3,(H,33,34)/t21?,22-,23+,27?/m1/s1. The van der Waals surface area contributed by atoms with Gasteiger partial charge in [-0.1, -0.05) is 48.5 Å². The number of carboxylic acid groups (broad SMARTS) is 1. The van der Waals surface area contributed by atoms with Gasteiger partial charge in [-0.25, -0.2) is 9.69 Å². The van der Waals surface area contributed by atoms with Crippen molar-refractivity contribution in [2.45, 2.75) is 18.4 Å². The smallest absolute Gasteiger partial charge is 0.339 e. The fourth-order valence-corrected chi connectivity index (χ4v) is 6.36. The number of hydrogen-bond donors (Lipinski definition) is 1. The van der Waals surface area contributed by atoms with E-state index >= 15 is 0 Å². The first-order valence-corrected chi connectivity index (χ1v) is 11.5. The predicted molar refractivity (Wildman–Crippen MR) is 127 cm³/mol. The highest BCUT2D eigenvalue weighted by molar-refractivity contribution is 6.24. The summed E-state index contributed by atoms with van der Waals surface area (Å²) in [6, 6.07) is 17.2. The molecule has 2 bridgehead atoms. The third-order valence-electron chi connectivity index (χ3n) is 7.57. The Balaban J connectivity index is 1.57. The van der Waals surface area contributed by atoms with Gasteiger partial charge in [-0.2, -0.15) is 0 Å². The Morgan fingerprint density at radius 3 is 2.11 bits per heavy atom. The lowest BCUT2D eigenvalue weighted by atomic mass is 9.51. The number of nitrogens with zero attached hydrogens (tertiary/aromatic N) is 2. The summed E-state index contributed by atoms with van der Waals surface area (Å²) in [7, 11) is 0.